The first-order valence-corrected chi connectivity index (χ1v) is 9.95. The van der Waals surface area contributed by atoms with E-state index in [9.17, 15) is 14.4 Å². The van der Waals surface area contributed by atoms with Gasteiger partial charge < -0.3 is 19.7 Å². The number of thiazole rings is 1. The molecule has 1 unspecified atom stereocenters. The second-order valence-corrected chi connectivity index (χ2v) is 9.41. The van der Waals surface area contributed by atoms with Gasteiger partial charge in [-0.25, -0.2) is 14.6 Å². The van der Waals surface area contributed by atoms with Gasteiger partial charge in [-0.2, -0.15) is 0 Å². The normalized spacial score (nSPS) is 17.2. The van der Waals surface area contributed by atoms with Crippen LogP contribution in [0, 0.1) is 0 Å². The van der Waals surface area contributed by atoms with Crippen LogP contribution in [0.4, 0.5) is 14.7 Å². The lowest BCUT2D eigenvalue weighted by molar-refractivity contribution is 0.0289. The minimum atomic E-state index is -0.627. The molecule has 3 amide bonds. The molecular weight excluding hydrogens is 384 g/mol. The molecule has 0 radical (unpaired) electrons. The maximum absolute atomic E-state index is 12.4. The molecule has 2 heterocycles. The highest BCUT2D eigenvalue weighted by Gasteiger charge is 2.31. The molecule has 9 nitrogen and oxygen atoms in total. The van der Waals surface area contributed by atoms with Crippen molar-refractivity contribution < 1.29 is 23.9 Å². The van der Waals surface area contributed by atoms with E-state index in [1.54, 1.807) is 31.1 Å². The molecule has 1 fully saturated rings. The van der Waals surface area contributed by atoms with Gasteiger partial charge in [0.05, 0.1) is 0 Å². The van der Waals surface area contributed by atoms with Crippen molar-refractivity contribution in [3.8, 4) is 0 Å². The number of nitrogens with one attached hydrogen (secondary N) is 2. The first-order chi connectivity index (χ1) is 12.8. The van der Waals surface area contributed by atoms with Crippen LogP contribution in [0.15, 0.2) is 5.38 Å². The number of amides is 3. The van der Waals surface area contributed by atoms with Gasteiger partial charge >= 0.3 is 12.2 Å². The largest absolute Gasteiger partial charge is 0.444 e. The fourth-order valence-corrected chi connectivity index (χ4v) is 3.13. The van der Waals surface area contributed by atoms with Crippen molar-refractivity contribution in [3.05, 3.63) is 11.1 Å². The fourth-order valence-electron chi connectivity index (χ4n) is 2.46. The second kappa shape index (κ2) is 8.34. The van der Waals surface area contributed by atoms with E-state index in [1.165, 1.54) is 0 Å². The van der Waals surface area contributed by atoms with E-state index in [0.29, 0.717) is 19.5 Å². The van der Waals surface area contributed by atoms with Crippen molar-refractivity contribution >= 4 is 34.6 Å². The third kappa shape index (κ3) is 6.99. The summed E-state index contributed by atoms with van der Waals surface area (Å²) < 4.78 is 10.5. The standard InChI is InChI=1S/C18H28N4O5S/c1-17(2,3)26-15(24)21-14-20-12(10-28-14)13(23)19-11-7-8-22(9-11)16(25)27-18(4,5)6/h10-11H,7-9H2,1-6H3,(H,19,23)(H,20,21,24). The third-order valence-corrected chi connectivity index (χ3v) is 4.28. The number of nitrogens with zero attached hydrogens (tertiary/aromatic N) is 2. The van der Waals surface area contributed by atoms with Crippen LogP contribution in [-0.4, -0.2) is 58.3 Å². The van der Waals surface area contributed by atoms with Gasteiger partial charge in [0.2, 0.25) is 0 Å². The van der Waals surface area contributed by atoms with E-state index < -0.39 is 17.3 Å². The lowest BCUT2D eigenvalue weighted by atomic mass is 10.2. The molecule has 0 bridgehead atoms. The van der Waals surface area contributed by atoms with Crippen LogP contribution in [-0.2, 0) is 9.47 Å². The minimum absolute atomic E-state index is 0.177. The molecule has 2 N–H and O–H groups in total. The number of aromatic nitrogens is 1. The number of carbonyl (C=O) groups is 3. The average Bonchev–Trinajstić information content (AvgIpc) is 3.12. The highest BCUT2D eigenvalue weighted by molar-refractivity contribution is 7.14. The maximum Gasteiger partial charge on any atom is 0.413 e. The molecule has 1 aromatic rings. The number of hydrogen-bond acceptors (Lipinski definition) is 7. The topological polar surface area (TPSA) is 110 Å². The summed E-state index contributed by atoms with van der Waals surface area (Å²) in [6, 6.07) is -0.177. The van der Waals surface area contributed by atoms with Crippen molar-refractivity contribution in [1.29, 1.82) is 0 Å². The monoisotopic (exact) mass is 412 g/mol. The van der Waals surface area contributed by atoms with Crippen molar-refractivity contribution in [2.75, 3.05) is 18.4 Å². The van der Waals surface area contributed by atoms with Gasteiger partial charge in [0.25, 0.3) is 5.91 Å². The van der Waals surface area contributed by atoms with Crippen LogP contribution in [0.2, 0.25) is 0 Å². The Morgan fingerprint density at radius 1 is 1.14 bits per heavy atom. The summed E-state index contributed by atoms with van der Waals surface area (Å²) >= 11 is 1.13. The van der Waals surface area contributed by atoms with Gasteiger partial charge in [-0.3, -0.25) is 10.1 Å². The molecule has 28 heavy (non-hydrogen) atoms. The minimum Gasteiger partial charge on any atom is -0.444 e. The SMILES string of the molecule is CC(C)(C)OC(=O)Nc1nc(C(=O)NC2CCN(C(=O)OC(C)(C)C)C2)cs1. The van der Waals surface area contributed by atoms with Crippen molar-refractivity contribution in [2.24, 2.45) is 0 Å². The van der Waals surface area contributed by atoms with Crippen molar-refractivity contribution in [3.63, 3.8) is 0 Å². The van der Waals surface area contributed by atoms with Gasteiger partial charge in [0.1, 0.15) is 16.9 Å². The summed E-state index contributed by atoms with van der Waals surface area (Å²) in [5.41, 5.74) is -0.979. The Balaban J connectivity index is 1.85. The number of carbonyl (C=O) groups excluding carboxylic acids is 3. The fraction of sp³-hybridized carbons (Fsp3) is 0.667. The van der Waals surface area contributed by atoms with E-state index in [4.69, 9.17) is 9.47 Å². The predicted octanol–water partition coefficient (Wildman–Crippen LogP) is 3.23. The van der Waals surface area contributed by atoms with Gasteiger partial charge in [-0.15, -0.1) is 11.3 Å². The van der Waals surface area contributed by atoms with E-state index >= 15 is 0 Å². The zero-order valence-corrected chi connectivity index (χ0v) is 17.9. The smallest absolute Gasteiger partial charge is 0.413 e. The summed E-state index contributed by atoms with van der Waals surface area (Å²) in [6.07, 6.45) is -0.377. The Labute approximate surface area is 168 Å². The van der Waals surface area contributed by atoms with Crippen LogP contribution in [0.3, 0.4) is 0 Å². The lowest BCUT2D eigenvalue weighted by Gasteiger charge is -2.24. The van der Waals surface area contributed by atoms with E-state index in [2.05, 4.69) is 15.6 Å². The molecule has 2 rings (SSSR count). The Kier molecular flexibility index (Phi) is 6.53. The van der Waals surface area contributed by atoms with E-state index in [1.807, 2.05) is 20.8 Å². The lowest BCUT2D eigenvalue weighted by Crippen LogP contribution is -2.40. The number of likely N-dealkylation sites (tertiary alicyclic amines) is 1. The quantitative estimate of drug-likeness (QED) is 0.789. The van der Waals surface area contributed by atoms with Crippen LogP contribution >= 0.6 is 11.3 Å². The van der Waals surface area contributed by atoms with Crippen LogP contribution in [0.1, 0.15) is 58.5 Å². The number of hydrogen-bond donors (Lipinski definition) is 2. The Bertz CT molecular complexity index is 735. The van der Waals surface area contributed by atoms with Crippen molar-refractivity contribution in [1.82, 2.24) is 15.2 Å². The number of ether oxygens (including phenoxy) is 2. The Morgan fingerprint density at radius 2 is 1.79 bits per heavy atom. The summed E-state index contributed by atoms with van der Waals surface area (Å²) in [5.74, 6) is -0.357. The molecule has 1 aliphatic heterocycles. The van der Waals surface area contributed by atoms with Gasteiger partial charge in [0.15, 0.2) is 5.13 Å². The highest BCUT2D eigenvalue weighted by atomic mass is 32.1. The number of anilines is 1. The predicted molar refractivity (Wildman–Crippen MR) is 106 cm³/mol. The molecule has 0 spiro atoms. The zero-order chi connectivity index (χ0) is 21.1. The molecule has 1 aromatic heterocycles. The van der Waals surface area contributed by atoms with Gasteiger partial charge in [0, 0.05) is 24.5 Å². The van der Waals surface area contributed by atoms with Gasteiger partial charge in [-0.1, -0.05) is 0 Å². The summed E-state index contributed by atoms with van der Waals surface area (Å²) in [4.78, 5) is 41.9. The third-order valence-electron chi connectivity index (χ3n) is 3.52. The average molecular weight is 413 g/mol. The molecule has 0 aromatic carbocycles. The Hall–Kier alpha value is -2.36. The summed E-state index contributed by atoms with van der Waals surface area (Å²) in [6.45, 7) is 11.6. The van der Waals surface area contributed by atoms with E-state index in [0.717, 1.165) is 11.3 Å². The molecule has 0 saturated carbocycles. The van der Waals surface area contributed by atoms with Crippen molar-refractivity contribution in [2.45, 2.75) is 65.2 Å². The second-order valence-electron chi connectivity index (χ2n) is 8.55. The maximum atomic E-state index is 12.4. The first-order valence-electron chi connectivity index (χ1n) is 9.07. The highest BCUT2D eigenvalue weighted by Crippen LogP contribution is 2.19. The van der Waals surface area contributed by atoms with Gasteiger partial charge in [-0.05, 0) is 48.0 Å². The molecule has 1 saturated heterocycles. The summed E-state index contributed by atoms with van der Waals surface area (Å²) in [5, 5.41) is 7.20. The van der Waals surface area contributed by atoms with E-state index in [-0.39, 0.29) is 28.9 Å². The molecule has 0 aliphatic carbocycles. The molecular formula is C18H28N4O5S. The first kappa shape index (κ1) is 21.9. The zero-order valence-electron chi connectivity index (χ0n) is 17.1. The molecule has 1 atom stereocenters. The van der Waals surface area contributed by atoms with Crippen LogP contribution in [0.5, 0.6) is 0 Å². The van der Waals surface area contributed by atoms with Crippen LogP contribution < -0.4 is 10.6 Å². The summed E-state index contributed by atoms with van der Waals surface area (Å²) in [7, 11) is 0. The Morgan fingerprint density at radius 3 is 2.39 bits per heavy atom. The van der Waals surface area contributed by atoms with Crippen LogP contribution in [0.25, 0.3) is 0 Å². The number of rotatable bonds is 3. The molecule has 1 aliphatic rings. The molecule has 156 valence electrons. The molecule has 10 heteroatoms.